The zero-order valence-corrected chi connectivity index (χ0v) is 20.0. The zero-order valence-electron chi connectivity index (χ0n) is 19.2. The van der Waals surface area contributed by atoms with E-state index in [0.717, 1.165) is 27.9 Å². The van der Waals surface area contributed by atoms with E-state index in [4.69, 9.17) is 0 Å². The third-order valence-corrected chi connectivity index (χ3v) is 6.65. The Morgan fingerprint density at radius 1 is 0.886 bits per heavy atom. The van der Waals surface area contributed by atoms with Gasteiger partial charge in [-0.25, -0.2) is 4.98 Å². The highest BCUT2D eigenvalue weighted by Gasteiger charge is 2.36. The molecule has 1 saturated heterocycles. The van der Waals surface area contributed by atoms with Crippen molar-refractivity contribution in [3.63, 3.8) is 0 Å². The van der Waals surface area contributed by atoms with Gasteiger partial charge in [0.15, 0.2) is 0 Å². The monoisotopic (exact) mass is 482 g/mol. The fourth-order valence-electron chi connectivity index (χ4n) is 3.93. The topological polar surface area (TPSA) is 75.5 Å². The second-order valence-corrected chi connectivity index (χ2v) is 9.27. The number of thioether (sulfide) groups is 1. The summed E-state index contributed by atoms with van der Waals surface area (Å²) in [6, 6.07) is 23.9. The van der Waals surface area contributed by atoms with Crippen LogP contribution in [0.4, 0.5) is 10.5 Å². The molecule has 0 unspecified atom stereocenters. The average molecular weight is 483 g/mol. The predicted molar refractivity (Wildman–Crippen MR) is 140 cm³/mol. The number of hydrogen-bond donors (Lipinski definition) is 0. The average Bonchev–Trinajstić information content (AvgIpc) is 3.12. The van der Waals surface area contributed by atoms with Crippen molar-refractivity contribution in [2.75, 3.05) is 19.0 Å². The lowest BCUT2D eigenvalue weighted by Crippen LogP contribution is -2.32. The minimum absolute atomic E-state index is 0.115. The summed E-state index contributed by atoms with van der Waals surface area (Å²) < 4.78 is 1.47. The molecule has 2 heterocycles. The molecule has 0 saturated carbocycles. The summed E-state index contributed by atoms with van der Waals surface area (Å²) in [5.74, 6) is -0.0857. The van der Waals surface area contributed by atoms with Gasteiger partial charge in [0.05, 0.1) is 28.0 Å². The molecule has 7 nitrogen and oxygen atoms in total. The first-order chi connectivity index (χ1) is 16.9. The van der Waals surface area contributed by atoms with E-state index in [2.05, 4.69) is 4.98 Å². The Morgan fingerprint density at radius 3 is 2.29 bits per heavy atom. The Kier molecular flexibility index (Phi) is 5.96. The van der Waals surface area contributed by atoms with Crippen molar-refractivity contribution in [1.29, 1.82) is 0 Å². The molecule has 3 aromatic carbocycles. The van der Waals surface area contributed by atoms with Crippen molar-refractivity contribution in [2.24, 2.45) is 0 Å². The number of para-hydroxylation sites is 2. The highest BCUT2D eigenvalue weighted by atomic mass is 32.2. The quantitative estimate of drug-likeness (QED) is 0.384. The Hall–Kier alpha value is -4.17. The number of rotatable bonds is 5. The molecule has 0 radical (unpaired) electrons. The van der Waals surface area contributed by atoms with E-state index in [1.54, 1.807) is 42.5 Å². The molecular formula is C27H22N4O3S. The first kappa shape index (κ1) is 22.6. The molecule has 0 aliphatic carbocycles. The standard InChI is InChI=1S/C27H22N4O3S/c1-29(2)19-14-12-18(13-15-19)16-23-26(33)30(27(34)35-23)17-24-28-22-11-7-6-10-21(22)25(32)31(24)20-8-4-3-5-9-20/h3-16H,17H2,1-2H3/b23-16+. The molecule has 8 heteroatoms. The number of carbonyl (C=O) groups excluding carboxylic acids is 2. The Balaban J connectivity index is 1.52. The van der Waals surface area contributed by atoms with Crippen LogP contribution >= 0.6 is 11.8 Å². The minimum Gasteiger partial charge on any atom is -0.378 e. The molecular weight excluding hydrogens is 460 g/mol. The second-order valence-electron chi connectivity index (χ2n) is 8.28. The summed E-state index contributed by atoms with van der Waals surface area (Å²) in [5, 5.41) is 0.0727. The van der Waals surface area contributed by atoms with Crippen LogP contribution in [-0.2, 0) is 11.3 Å². The van der Waals surface area contributed by atoms with Crippen molar-refractivity contribution in [3.8, 4) is 5.69 Å². The number of aromatic nitrogens is 2. The van der Waals surface area contributed by atoms with Crippen molar-refractivity contribution in [2.45, 2.75) is 6.54 Å². The highest BCUT2D eigenvalue weighted by molar-refractivity contribution is 8.18. The smallest absolute Gasteiger partial charge is 0.293 e. The molecule has 174 valence electrons. The number of hydrogen-bond acceptors (Lipinski definition) is 6. The van der Waals surface area contributed by atoms with E-state index in [9.17, 15) is 14.4 Å². The second kappa shape index (κ2) is 9.23. The molecule has 1 aromatic heterocycles. The van der Waals surface area contributed by atoms with Crippen LogP contribution in [0.3, 0.4) is 0 Å². The molecule has 2 amide bonds. The lowest BCUT2D eigenvalue weighted by molar-refractivity contribution is -0.123. The molecule has 5 rings (SSSR count). The van der Waals surface area contributed by atoms with E-state index < -0.39 is 11.1 Å². The minimum atomic E-state index is -0.404. The van der Waals surface area contributed by atoms with Gasteiger partial charge in [-0.1, -0.05) is 42.5 Å². The van der Waals surface area contributed by atoms with Crippen LogP contribution in [0, 0.1) is 0 Å². The maximum atomic E-state index is 13.4. The van der Waals surface area contributed by atoms with Crippen molar-refractivity contribution < 1.29 is 9.59 Å². The van der Waals surface area contributed by atoms with Gasteiger partial charge in [0.1, 0.15) is 5.82 Å². The van der Waals surface area contributed by atoms with Crippen LogP contribution in [0.5, 0.6) is 0 Å². The maximum absolute atomic E-state index is 13.4. The van der Waals surface area contributed by atoms with Crippen LogP contribution in [0.2, 0.25) is 0 Å². The van der Waals surface area contributed by atoms with E-state index in [1.165, 1.54) is 4.57 Å². The maximum Gasteiger partial charge on any atom is 0.293 e. The van der Waals surface area contributed by atoms with Gasteiger partial charge in [-0.2, -0.15) is 0 Å². The third-order valence-electron chi connectivity index (χ3n) is 5.74. The van der Waals surface area contributed by atoms with E-state index in [-0.39, 0.29) is 12.1 Å². The Bertz CT molecular complexity index is 1530. The molecule has 0 atom stereocenters. The normalized spacial score (nSPS) is 14.8. The van der Waals surface area contributed by atoms with Gasteiger partial charge in [-0.3, -0.25) is 23.9 Å². The molecule has 0 N–H and O–H groups in total. The van der Waals surface area contributed by atoms with Crippen LogP contribution < -0.4 is 10.5 Å². The van der Waals surface area contributed by atoms with E-state index in [0.29, 0.717) is 27.3 Å². The van der Waals surface area contributed by atoms with Gasteiger partial charge in [-0.15, -0.1) is 0 Å². The predicted octanol–water partition coefficient (Wildman–Crippen LogP) is 4.69. The van der Waals surface area contributed by atoms with Crippen LogP contribution in [0.15, 0.2) is 88.6 Å². The van der Waals surface area contributed by atoms with Crippen LogP contribution in [0.1, 0.15) is 11.4 Å². The third kappa shape index (κ3) is 4.36. The molecule has 1 fully saturated rings. The molecule has 35 heavy (non-hydrogen) atoms. The fraction of sp³-hybridized carbons (Fsp3) is 0.111. The van der Waals surface area contributed by atoms with Gasteiger partial charge in [0.25, 0.3) is 16.7 Å². The van der Waals surface area contributed by atoms with Gasteiger partial charge in [-0.05, 0) is 59.8 Å². The summed E-state index contributed by atoms with van der Waals surface area (Å²) in [4.78, 5) is 47.5. The molecule has 4 aromatic rings. The largest absolute Gasteiger partial charge is 0.378 e. The first-order valence-corrected chi connectivity index (χ1v) is 11.8. The van der Waals surface area contributed by atoms with E-state index >= 15 is 0 Å². The summed E-state index contributed by atoms with van der Waals surface area (Å²) in [6.45, 7) is -0.115. The number of carbonyl (C=O) groups is 2. The summed E-state index contributed by atoms with van der Waals surface area (Å²) in [6.07, 6.45) is 1.71. The van der Waals surface area contributed by atoms with Crippen molar-refractivity contribution in [1.82, 2.24) is 14.5 Å². The summed E-state index contributed by atoms with van der Waals surface area (Å²) in [7, 11) is 3.91. The number of anilines is 1. The number of benzene rings is 3. The number of imide groups is 1. The van der Waals surface area contributed by atoms with Crippen LogP contribution in [-0.4, -0.2) is 39.7 Å². The Morgan fingerprint density at radius 2 is 1.57 bits per heavy atom. The van der Waals surface area contributed by atoms with Crippen LogP contribution in [0.25, 0.3) is 22.7 Å². The van der Waals surface area contributed by atoms with E-state index in [1.807, 2.05) is 61.5 Å². The number of fused-ring (bicyclic) bond motifs is 1. The molecule has 1 aliphatic heterocycles. The Labute approximate surface area is 206 Å². The first-order valence-electron chi connectivity index (χ1n) is 11.0. The van der Waals surface area contributed by atoms with Gasteiger partial charge < -0.3 is 4.90 Å². The number of nitrogens with zero attached hydrogens (tertiary/aromatic N) is 4. The molecule has 1 aliphatic rings. The van der Waals surface area contributed by atoms with Gasteiger partial charge in [0, 0.05) is 19.8 Å². The van der Waals surface area contributed by atoms with Gasteiger partial charge >= 0.3 is 0 Å². The SMILES string of the molecule is CN(C)c1ccc(/C=C2/SC(=O)N(Cc3nc4ccccc4c(=O)n3-c3ccccc3)C2=O)cc1. The van der Waals surface area contributed by atoms with Crippen molar-refractivity contribution in [3.05, 3.63) is 106 Å². The number of amides is 2. The molecule has 0 bridgehead atoms. The lowest BCUT2D eigenvalue weighted by atomic mass is 10.2. The zero-order chi connectivity index (χ0) is 24.5. The highest BCUT2D eigenvalue weighted by Crippen LogP contribution is 2.33. The summed E-state index contributed by atoms with van der Waals surface area (Å²) >= 11 is 0.889. The molecule has 0 spiro atoms. The van der Waals surface area contributed by atoms with Gasteiger partial charge in [0.2, 0.25) is 0 Å². The van der Waals surface area contributed by atoms with Crippen molar-refractivity contribution >= 4 is 45.6 Å². The fourth-order valence-corrected chi connectivity index (χ4v) is 4.76. The summed E-state index contributed by atoms with van der Waals surface area (Å²) in [5.41, 5.74) is 2.75. The lowest BCUT2D eigenvalue weighted by Gasteiger charge is -2.17.